The molecule has 2 aromatic rings. The molecule has 0 bridgehead atoms. The number of esters is 2. The van der Waals surface area contributed by atoms with Gasteiger partial charge in [-0.15, -0.1) is 0 Å². The number of hydrogen-bond donors (Lipinski definition) is 0. The first kappa shape index (κ1) is 28.4. The summed E-state index contributed by atoms with van der Waals surface area (Å²) in [5.74, 6) is -1.78. The minimum absolute atomic E-state index is 0.0376. The molecule has 0 aromatic heterocycles. The number of halogens is 3. The molecule has 0 aliphatic heterocycles. The van der Waals surface area contributed by atoms with Crippen LogP contribution in [0.4, 0.5) is 13.2 Å². The zero-order valence-corrected chi connectivity index (χ0v) is 21.1. The highest BCUT2D eigenvalue weighted by Gasteiger charge is 2.47. The minimum atomic E-state index is -4.82. The normalized spacial score (nSPS) is 13.7. The summed E-state index contributed by atoms with van der Waals surface area (Å²) in [5.41, 5.74) is 1.51. The van der Waals surface area contributed by atoms with Gasteiger partial charge in [0, 0.05) is 6.42 Å². The molecule has 0 saturated carbocycles. The van der Waals surface area contributed by atoms with Gasteiger partial charge in [0.15, 0.2) is 0 Å². The van der Waals surface area contributed by atoms with E-state index >= 15 is 0 Å². The molecule has 2 unspecified atom stereocenters. The summed E-state index contributed by atoms with van der Waals surface area (Å²) in [6.45, 7) is 9.09. The van der Waals surface area contributed by atoms with E-state index in [4.69, 9.17) is 9.47 Å². The summed E-state index contributed by atoms with van der Waals surface area (Å²) in [6.07, 6.45) is -5.56. The first-order valence-electron chi connectivity index (χ1n) is 12.0. The Morgan fingerprint density at radius 3 is 1.40 bits per heavy atom. The van der Waals surface area contributed by atoms with E-state index in [1.807, 2.05) is 13.8 Å². The van der Waals surface area contributed by atoms with Crippen LogP contribution in [0.1, 0.15) is 85.7 Å². The Morgan fingerprint density at radius 1 is 0.714 bits per heavy atom. The van der Waals surface area contributed by atoms with Gasteiger partial charge < -0.3 is 9.47 Å². The highest BCUT2D eigenvalue weighted by Crippen LogP contribution is 2.34. The van der Waals surface area contributed by atoms with E-state index in [0.717, 1.165) is 36.8 Å². The average molecular weight is 493 g/mol. The summed E-state index contributed by atoms with van der Waals surface area (Å²) < 4.78 is 52.0. The fourth-order valence-corrected chi connectivity index (χ4v) is 3.61. The summed E-state index contributed by atoms with van der Waals surface area (Å²) in [6, 6.07) is 13.2. The molecular formula is C28H35F3O4. The fourth-order valence-electron chi connectivity index (χ4n) is 3.61. The number of benzene rings is 2. The SMILES string of the molecule is CCCc1ccc(C(=O)OC(CC(OC(=O)c2ccc(CCC)cc2)C(F)(F)F)C(C)(C)C)cc1. The summed E-state index contributed by atoms with van der Waals surface area (Å²) in [4.78, 5) is 25.2. The van der Waals surface area contributed by atoms with Gasteiger partial charge in [-0.25, -0.2) is 9.59 Å². The number of aryl methyl sites for hydroxylation is 2. The lowest BCUT2D eigenvalue weighted by Crippen LogP contribution is -2.42. The van der Waals surface area contributed by atoms with Crippen LogP contribution in [-0.4, -0.2) is 30.3 Å². The van der Waals surface area contributed by atoms with Gasteiger partial charge in [0.05, 0.1) is 11.1 Å². The molecule has 0 heterocycles. The molecule has 7 heteroatoms. The van der Waals surface area contributed by atoms with Crippen molar-refractivity contribution in [2.75, 3.05) is 0 Å². The lowest BCUT2D eigenvalue weighted by atomic mass is 9.85. The van der Waals surface area contributed by atoms with Crippen LogP contribution in [0.2, 0.25) is 0 Å². The van der Waals surface area contributed by atoms with Crippen LogP contribution in [0.15, 0.2) is 48.5 Å². The summed E-state index contributed by atoms with van der Waals surface area (Å²) in [7, 11) is 0. The van der Waals surface area contributed by atoms with Crippen LogP contribution in [-0.2, 0) is 22.3 Å². The van der Waals surface area contributed by atoms with E-state index in [1.165, 1.54) is 12.1 Å². The Bertz CT molecular complexity index is 878. The molecule has 192 valence electrons. The zero-order chi connectivity index (χ0) is 26.2. The van der Waals surface area contributed by atoms with Gasteiger partial charge in [0.2, 0.25) is 6.10 Å². The maximum atomic E-state index is 13.9. The van der Waals surface area contributed by atoms with E-state index in [2.05, 4.69) is 0 Å². The van der Waals surface area contributed by atoms with Gasteiger partial charge in [-0.2, -0.15) is 13.2 Å². The standard InChI is InChI=1S/C28H35F3O4/c1-6-8-19-10-14-21(15-11-19)25(32)34-23(27(3,4)5)18-24(28(29,30)31)35-26(33)22-16-12-20(9-7-2)13-17-22/h10-17,23-24H,6-9,18H2,1-5H3. The lowest BCUT2D eigenvalue weighted by Gasteiger charge is -2.33. The molecule has 2 atom stereocenters. The lowest BCUT2D eigenvalue weighted by molar-refractivity contribution is -0.214. The van der Waals surface area contributed by atoms with Crippen molar-refractivity contribution in [2.24, 2.45) is 5.41 Å². The first-order valence-corrected chi connectivity index (χ1v) is 12.0. The van der Waals surface area contributed by atoms with Gasteiger partial charge in [-0.05, 0) is 53.6 Å². The molecule has 2 aromatic carbocycles. The summed E-state index contributed by atoms with van der Waals surface area (Å²) >= 11 is 0. The second-order valence-corrected chi connectivity index (χ2v) is 9.83. The van der Waals surface area contributed by atoms with Crippen molar-refractivity contribution < 1.29 is 32.2 Å². The van der Waals surface area contributed by atoms with Crippen LogP contribution in [0.5, 0.6) is 0 Å². The maximum absolute atomic E-state index is 13.9. The quantitative estimate of drug-likeness (QED) is 0.326. The molecule has 4 nitrogen and oxygen atoms in total. The number of ether oxygens (including phenoxy) is 2. The van der Waals surface area contributed by atoms with E-state index in [-0.39, 0.29) is 11.1 Å². The Kier molecular flexibility index (Phi) is 9.92. The van der Waals surface area contributed by atoms with Crippen molar-refractivity contribution in [3.05, 3.63) is 70.8 Å². The van der Waals surface area contributed by atoms with Crippen LogP contribution < -0.4 is 0 Å². The van der Waals surface area contributed by atoms with Crippen molar-refractivity contribution in [1.29, 1.82) is 0 Å². The minimum Gasteiger partial charge on any atom is -0.458 e. The van der Waals surface area contributed by atoms with Gasteiger partial charge in [0.1, 0.15) is 6.10 Å². The number of carbonyl (C=O) groups is 2. The Labute approximate surface area is 205 Å². The molecule has 2 rings (SSSR count). The molecule has 0 N–H and O–H groups in total. The molecule has 0 aliphatic carbocycles. The Balaban J connectivity index is 2.18. The number of alkyl halides is 3. The van der Waals surface area contributed by atoms with Gasteiger partial charge >= 0.3 is 18.1 Å². The third-order valence-corrected chi connectivity index (χ3v) is 5.71. The topological polar surface area (TPSA) is 52.6 Å². The molecular weight excluding hydrogens is 457 g/mol. The molecule has 0 radical (unpaired) electrons. The number of hydrogen-bond acceptors (Lipinski definition) is 4. The second kappa shape index (κ2) is 12.2. The number of rotatable bonds is 10. The molecule has 35 heavy (non-hydrogen) atoms. The monoisotopic (exact) mass is 492 g/mol. The van der Waals surface area contributed by atoms with Gasteiger partial charge in [-0.1, -0.05) is 71.7 Å². The first-order chi connectivity index (χ1) is 16.3. The van der Waals surface area contributed by atoms with E-state index in [9.17, 15) is 22.8 Å². The average Bonchev–Trinajstić information content (AvgIpc) is 2.78. The fraction of sp³-hybridized carbons (Fsp3) is 0.500. The highest BCUT2D eigenvalue weighted by atomic mass is 19.4. The number of carbonyl (C=O) groups excluding carboxylic acids is 2. The third-order valence-electron chi connectivity index (χ3n) is 5.71. The van der Waals surface area contributed by atoms with Crippen molar-refractivity contribution in [1.82, 2.24) is 0 Å². The Morgan fingerprint density at radius 2 is 1.09 bits per heavy atom. The van der Waals surface area contributed by atoms with Crippen molar-refractivity contribution in [3.63, 3.8) is 0 Å². The third kappa shape index (κ3) is 8.71. The molecule has 0 spiro atoms. The second-order valence-electron chi connectivity index (χ2n) is 9.83. The predicted molar refractivity (Wildman–Crippen MR) is 129 cm³/mol. The highest BCUT2D eigenvalue weighted by molar-refractivity contribution is 5.90. The van der Waals surface area contributed by atoms with Crippen molar-refractivity contribution in [2.45, 2.75) is 85.1 Å². The Hall–Kier alpha value is -2.83. The van der Waals surface area contributed by atoms with E-state index in [0.29, 0.717) is 0 Å². The molecule has 0 amide bonds. The molecule has 0 fully saturated rings. The van der Waals surface area contributed by atoms with E-state index in [1.54, 1.807) is 57.2 Å². The van der Waals surface area contributed by atoms with Crippen LogP contribution in [0.3, 0.4) is 0 Å². The van der Waals surface area contributed by atoms with Crippen LogP contribution >= 0.6 is 0 Å². The largest absolute Gasteiger partial charge is 0.458 e. The van der Waals surface area contributed by atoms with Gasteiger partial charge in [-0.3, -0.25) is 0 Å². The van der Waals surface area contributed by atoms with E-state index < -0.39 is 42.2 Å². The van der Waals surface area contributed by atoms with Crippen molar-refractivity contribution >= 4 is 11.9 Å². The summed E-state index contributed by atoms with van der Waals surface area (Å²) in [5, 5.41) is 0. The maximum Gasteiger partial charge on any atom is 0.425 e. The predicted octanol–water partition coefficient (Wildman–Crippen LogP) is 7.34. The van der Waals surface area contributed by atoms with Crippen LogP contribution in [0.25, 0.3) is 0 Å². The van der Waals surface area contributed by atoms with Crippen LogP contribution in [0, 0.1) is 5.41 Å². The van der Waals surface area contributed by atoms with Crippen molar-refractivity contribution in [3.8, 4) is 0 Å². The molecule has 0 saturated heterocycles. The smallest absolute Gasteiger partial charge is 0.425 e. The van der Waals surface area contributed by atoms with Gasteiger partial charge in [0.25, 0.3) is 0 Å². The molecule has 0 aliphatic rings. The zero-order valence-electron chi connectivity index (χ0n) is 21.1.